The van der Waals surface area contributed by atoms with Crippen LogP contribution in [0.1, 0.15) is 41.1 Å². The first-order chi connectivity index (χ1) is 14.8. The maximum Gasteiger partial charge on any atom is 0.273 e. The van der Waals surface area contributed by atoms with Crippen molar-refractivity contribution in [2.75, 3.05) is 18.4 Å². The number of aromatic nitrogens is 4. The molecule has 9 nitrogen and oxygen atoms in total. The van der Waals surface area contributed by atoms with Crippen molar-refractivity contribution in [3.8, 4) is 11.3 Å². The summed E-state index contributed by atoms with van der Waals surface area (Å²) in [6, 6.07) is 8.02. The van der Waals surface area contributed by atoms with Gasteiger partial charge in [0, 0.05) is 37.1 Å². The smallest absolute Gasteiger partial charge is 0.273 e. The van der Waals surface area contributed by atoms with E-state index in [-0.39, 0.29) is 10.6 Å². The van der Waals surface area contributed by atoms with E-state index in [1.807, 2.05) is 20.9 Å². The third-order valence-corrected chi connectivity index (χ3v) is 7.53. The van der Waals surface area contributed by atoms with E-state index in [9.17, 15) is 13.2 Å². The molecule has 0 unspecified atom stereocenters. The van der Waals surface area contributed by atoms with Crippen molar-refractivity contribution in [1.82, 2.24) is 24.3 Å². The Kier molecular flexibility index (Phi) is 5.67. The second kappa shape index (κ2) is 8.27. The number of carbonyl (C=O) groups excluding carboxylic acids is 1. The molecule has 1 aromatic carbocycles. The lowest BCUT2D eigenvalue weighted by molar-refractivity contribution is 0.102. The quantitative estimate of drug-likeness (QED) is 0.631. The van der Waals surface area contributed by atoms with E-state index in [0.29, 0.717) is 24.5 Å². The van der Waals surface area contributed by atoms with Crippen LogP contribution in [0.15, 0.2) is 35.2 Å². The van der Waals surface area contributed by atoms with E-state index in [2.05, 4.69) is 20.6 Å². The lowest BCUT2D eigenvalue weighted by Gasteiger charge is -2.26. The Morgan fingerprint density at radius 1 is 1.13 bits per heavy atom. The normalized spacial score (nSPS) is 15.2. The van der Waals surface area contributed by atoms with Gasteiger partial charge in [-0.25, -0.2) is 8.42 Å². The molecule has 3 aromatic rings. The molecule has 0 spiro atoms. The molecule has 1 aliphatic heterocycles. The lowest BCUT2D eigenvalue weighted by Crippen LogP contribution is -2.35. The molecule has 2 N–H and O–H groups in total. The number of nitrogens with one attached hydrogen (secondary N) is 2. The molecule has 10 heteroatoms. The van der Waals surface area contributed by atoms with Gasteiger partial charge in [-0.2, -0.15) is 14.5 Å². The maximum atomic E-state index is 12.9. The highest BCUT2D eigenvalue weighted by Crippen LogP contribution is 2.26. The minimum atomic E-state index is -3.57. The number of H-pyrrole nitrogens is 1. The Morgan fingerprint density at radius 2 is 1.87 bits per heavy atom. The summed E-state index contributed by atoms with van der Waals surface area (Å²) in [5.41, 5.74) is 3.98. The summed E-state index contributed by atoms with van der Waals surface area (Å²) >= 11 is 0. The van der Waals surface area contributed by atoms with Gasteiger partial charge in [0.25, 0.3) is 5.91 Å². The largest absolute Gasteiger partial charge is 0.321 e. The first kappa shape index (κ1) is 21.3. The second-order valence-corrected chi connectivity index (χ2v) is 9.72. The zero-order valence-electron chi connectivity index (χ0n) is 17.8. The molecular weight excluding hydrogens is 416 g/mol. The monoisotopic (exact) mass is 442 g/mol. The van der Waals surface area contributed by atoms with Crippen LogP contribution in [0.2, 0.25) is 0 Å². The maximum absolute atomic E-state index is 12.9. The van der Waals surface area contributed by atoms with E-state index in [1.54, 1.807) is 28.9 Å². The first-order valence-electron chi connectivity index (χ1n) is 10.2. The Bertz CT molecular complexity index is 1220. The zero-order valence-corrected chi connectivity index (χ0v) is 18.7. The summed E-state index contributed by atoms with van der Waals surface area (Å²) in [6.45, 7) is 4.90. The van der Waals surface area contributed by atoms with Crippen LogP contribution in [0.5, 0.6) is 0 Å². The van der Waals surface area contributed by atoms with Gasteiger partial charge < -0.3 is 5.32 Å². The van der Waals surface area contributed by atoms with E-state index < -0.39 is 15.9 Å². The van der Waals surface area contributed by atoms with E-state index in [1.165, 1.54) is 10.4 Å². The van der Waals surface area contributed by atoms with Crippen LogP contribution in [0.3, 0.4) is 0 Å². The molecular formula is C21H26N6O3S. The van der Waals surface area contributed by atoms with Gasteiger partial charge in [0.05, 0.1) is 16.3 Å². The van der Waals surface area contributed by atoms with Crippen LogP contribution >= 0.6 is 0 Å². The summed E-state index contributed by atoms with van der Waals surface area (Å²) in [6.07, 6.45) is 2.79. The minimum absolute atomic E-state index is 0.180. The van der Waals surface area contributed by atoms with Crippen LogP contribution in [0.4, 0.5) is 5.69 Å². The summed E-state index contributed by atoms with van der Waals surface area (Å²) in [7, 11) is -1.71. The Hall–Kier alpha value is -2.98. The van der Waals surface area contributed by atoms with E-state index in [0.717, 1.165) is 36.2 Å². The molecule has 164 valence electrons. The molecule has 1 aliphatic rings. The standard InChI is InChI=1S/C21H26N6O3S/c1-14-20(15(2)26(3)25-14)18-13-19(24-23-18)21(28)22-16-8-7-9-17(12-16)31(29,30)27-10-5-4-6-11-27/h7-9,12-13H,4-6,10-11H2,1-3H3,(H,22,28)(H,23,24). The van der Waals surface area contributed by atoms with Crippen molar-refractivity contribution in [2.45, 2.75) is 38.0 Å². The van der Waals surface area contributed by atoms with Gasteiger partial charge >= 0.3 is 0 Å². The molecule has 0 radical (unpaired) electrons. The number of rotatable bonds is 5. The number of sulfonamides is 1. The minimum Gasteiger partial charge on any atom is -0.321 e. The summed E-state index contributed by atoms with van der Waals surface area (Å²) < 4.78 is 29.1. The fourth-order valence-electron chi connectivity index (χ4n) is 3.90. The molecule has 31 heavy (non-hydrogen) atoms. The molecule has 0 aliphatic carbocycles. The molecule has 3 heterocycles. The number of carbonyl (C=O) groups is 1. The number of hydrogen-bond donors (Lipinski definition) is 2. The van der Waals surface area contributed by atoms with Crippen LogP contribution in [-0.2, 0) is 17.1 Å². The molecule has 4 rings (SSSR count). The van der Waals surface area contributed by atoms with Gasteiger partial charge in [0.15, 0.2) is 0 Å². The highest BCUT2D eigenvalue weighted by Gasteiger charge is 2.26. The molecule has 1 saturated heterocycles. The lowest BCUT2D eigenvalue weighted by atomic mass is 10.1. The van der Waals surface area contributed by atoms with Crippen molar-refractivity contribution >= 4 is 21.6 Å². The van der Waals surface area contributed by atoms with Crippen LogP contribution < -0.4 is 5.32 Å². The first-order valence-corrected chi connectivity index (χ1v) is 11.7. The fourth-order valence-corrected chi connectivity index (χ4v) is 5.46. The number of benzene rings is 1. The van der Waals surface area contributed by atoms with Crippen molar-refractivity contribution in [1.29, 1.82) is 0 Å². The summed E-state index contributed by atoms with van der Waals surface area (Å²) in [5, 5.41) is 14.2. The number of nitrogens with zero attached hydrogens (tertiary/aromatic N) is 4. The number of aromatic amines is 1. The van der Waals surface area contributed by atoms with Crippen molar-refractivity contribution in [3.63, 3.8) is 0 Å². The average Bonchev–Trinajstić information content (AvgIpc) is 3.33. The number of aryl methyl sites for hydroxylation is 2. The molecule has 2 aromatic heterocycles. The number of amides is 1. The number of hydrogen-bond acceptors (Lipinski definition) is 5. The van der Waals surface area contributed by atoms with Gasteiger partial charge in [-0.05, 0) is 51.0 Å². The molecule has 1 amide bonds. The van der Waals surface area contributed by atoms with Gasteiger partial charge in [0.2, 0.25) is 10.0 Å². The van der Waals surface area contributed by atoms with Gasteiger partial charge in [0.1, 0.15) is 5.69 Å². The molecule has 0 atom stereocenters. The molecule has 1 fully saturated rings. The van der Waals surface area contributed by atoms with Gasteiger partial charge in [-0.15, -0.1) is 0 Å². The summed E-state index contributed by atoms with van der Waals surface area (Å²) in [5.74, 6) is -0.398. The van der Waals surface area contributed by atoms with E-state index >= 15 is 0 Å². The number of anilines is 1. The summed E-state index contributed by atoms with van der Waals surface area (Å²) in [4.78, 5) is 12.9. The SMILES string of the molecule is Cc1nn(C)c(C)c1-c1cc(C(=O)Nc2cccc(S(=O)(=O)N3CCCCC3)c2)[nH]n1. The predicted octanol–water partition coefficient (Wildman–Crippen LogP) is 2.85. The van der Waals surface area contributed by atoms with E-state index in [4.69, 9.17) is 0 Å². The second-order valence-electron chi connectivity index (χ2n) is 7.78. The Labute approximate surface area is 181 Å². The third kappa shape index (κ3) is 4.13. The van der Waals surface area contributed by atoms with Crippen molar-refractivity contribution < 1.29 is 13.2 Å². The number of piperidine rings is 1. The zero-order chi connectivity index (χ0) is 22.2. The molecule has 0 bridgehead atoms. The Balaban J connectivity index is 1.53. The van der Waals surface area contributed by atoms with Gasteiger partial charge in [-0.1, -0.05) is 12.5 Å². The van der Waals surface area contributed by atoms with Crippen LogP contribution in [-0.4, -0.2) is 51.7 Å². The topological polar surface area (TPSA) is 113 Å². The fraction of sp³-hybridized carbons (Fsp3) is 0.381. The third-order valence-electron chi connectivity index (χ3n) is 5.63. The van der Waals surface area contributed by atoms with Crippen molar-refractivity contribution in [3.05, 3.63) is 47.4 Å². The Morgan fingerprint density at radius 3 is 2.55 bits per heavy atom. The highest BCUT2D eigenvalue weighted by atomic mass is 32.2. The average molecular weight is 443 g/mol. The van der Waals surface area contributed by atoms with Gasteiger partial charge in [-0.3, -0.25) is 14.6 Å². The van der Waals surface area contributed by atoms with Crippen molar-refractivity contribution in [2.24, 2.45) is 7.05 Å². The molecule has 0 saturated carbocycles. The van der Waals surface area contributed by atoms with Crippen LogP contribution in [0.25, 0.3) is 11.3 Å². The highest BCUT2D eigenvalue weighted by molar-refractivity contribution is 7.89. The predicted molar refractivity (Wildman–Crippen MR) is 117 cm³/mol. The van der Waals surface area contributed by atoms with Crippen LogP contribution in [0, 0.1) is 13.8 Å².